The minimum Gasteiger partial charge on any atom is -0.488 e. The molecule has 1 aliphatic rings. The number of pyridine rings is 1. The summed E-state index contributed by atoms with van der Waals surface area (Å²) >= 11 is 0. The fraction of sp³-hybridized carbons (Fsp3) is 0.222. The Kier molecular flexibility index (Phi) is 5.02. The molecule has 34 heavy (non-hydrogen) atoms. The topological polar surface area (TPSA) is 93.7 Å². The maximum Gasteiger partial charge on any atom is 0.205 e. The summed E-state index contributed by atoms with van der Waals surface area (Å²) in [6.07, 6.45) is 4.33. The molecule has 0 bridgehead atoms. The molecule has 7 nitrogen and oxygen atoms in total. The Morgan fingerprint density at radius 2 is 1.85 bits per heavy atom. The van der Waals surface area contributed by atoms with Crippen molar-refractivity contribution in [2.75, 3.05) is 0 Å². The number of fused-ring (bicyclic) bond motifs is 3. The Morgan fingerprint density at radius 1 is 0.971 bits per heavy atom. The maximum atomic E-state index is 13.6. The molecule has 168 valence electrons. The fourth-order valence-corrected chi connectivity index (χ4v) is 4.86. The number of aromatic nitrogens is 5. The van der Waals surface area contributed by atoms with Crippen molar-refractivity contribution < 1.29 is 4.74 Å². The van der Waals surface area contributed by atoms with Crippen molar-refractivity contribution in [1.29, 1.82) is 0 Å². The molecule has 7 heteroatoms. The van der Waals surface area contributed by atoms with Crippen molar-refractivity contribution in [3.8, 4) is 17.1 Å². The van der Waals surface area contributed by atoms with Gasteiger partial charge in [-0.25, -0.2) is 0 Å². The van der Waals surface area contributed by atoms with Gasteiger partial charge in [-0.05, 0) is 66.3 Å². The molecule has 0 radical (unpaired) electrons. The summed E-state index contributed by atoms with van der Waals surface area (Å²) in [5, 5.41) is 17.4. The normalized spacial score (nSPS) is 13.2. The zero-order valence-corrected chi connectivity index (χ0v) is 18.8. The quantitative estimate of drug-likeness (QED) is 0.428. The van der Waals surface area contributed by atoms with E-state index in [1.54, 1.807) is 0 Å². The van der Waals surface area contributed by atoms with Crippen molar-refractivity contribution in [2.24, 2.45) is 0 Å². The zero-order chi connectivity index (χ0) is 23.1. The molecule has 2 heterocycles. The van der Waals surface area contributed by atoms with Crippen LogP contribution in [0.1, 0.15) is 35.4 Å². The first-order chi connectivity index (χ1) is 16.7. The van der Waals surface area contributed by atoms with Crippen LogP contribution in [0.3, 0.4) is 0 Å². The molecule has 0 aliphatic heterocycles. The van der Waals surface area contributed by atoms with Gasteiger partial charge >= 0.3 is 0 Å². The number of ether oxygens (including phenoxy) is 1. The molecule has 0 amide bonds. The van der Waals surface area contributed by atoms with Crippen LogP contribution in [-0.2, 0) is 19.4 Å². The van der Waals surface area contributed by atoms with Gasteiger partial charge in [-0.3, -0.25) is 9.78 Å². The van der Waals surface area contributed by atoms with E-state index in [-0.39, 0.29) is 5.43 Å². The SMILES string of the molecule is Cc1cc(OCc2ccc3c(-c4nn[nH]n4)cc4ccccc4c(=O)c3c2)c2c(n1)CCCC2. The van der Waals surface area contributed by atoms with Gasteiger partial charge in [0, 0.05) is 39.4 Å². The highest BCUT2D eigenvalue weighted by atomic mass is 16.5. The fourth-order valence-electron chi connectivity index (χ4n) is 4.86. The van der Waals surface area contributed by atoms with Crippen LogP contribution in [0.2, 0.25) is 0 Å². The summed E-state index contributed by atoms with van der Waals surface area (Å²) in [4.78, 5) is 18.3. The van der Waals surface area contributed by atoms with E-state index in [9.17, 15) is 4.79 Å². The van der Waals surface area contributed by atoms with Crippen molar-refractivity contribution in [3.05, 3.63) is 87.3 Å². The van der Waals surface area contributed by atoms with E-state index < -0.39 is 0 Å². The second-order valence-corrected chi connectivity index (χ2v) is 8.77. The van der Waals surface area contributed by atoms with E-state index in [1.165, 1.54) is 12.0 Å². The number of rotatable bonds is 4. The lowest BCUT2D eigenvalue weighted by Gasteiger charge is -2.19. The Labute approximate surface area is 195 Å². The Bertz CT molecular complexity index is 1600. The van der Waals surface area contributed by atoms with Crippen LogP contribution >= 0.6 is 0 Å². The molecule has 0 saturated carbocycles. The lowest BCUT2D eigenvalue weighted by atomic mass is 9.95. The average Bonchev–Trinajstić information content (AvgIpc) is 3.36. The van der Waals surface area contributed by atoms with Gasteiger partial charge in [-0.1, -0.05) is 36.4 Å². The minimum absolute atomic E-state index is 0.0284. The Hall–Kier alpha value is -4.13. The third kappa shape index (κ3) is 3.59. The summed E-state index contributed by atoms with van der Waals surface area (Å²) in [5.74, 6) is 1.36. The molecule has 0 fully saturated rings. The Morgan fingerprint density at radius 3 is 2.74 bits per heavy atom. The van der Waals surface area contributed by atoms with Crippen molar-refractivity contribution in [3.63, 3.8) is 0 Å². The van der Waals surface area contributed by atoms with Gasteiger partial charge in [-0.15, -0.1) is 10.2 Å². The largest absolute Gasteiger partial charge is 0.488 e. The van der Waals surface area contributed by atoms with E-state index in [0.29, 0.717) is 23.2 Å². The minimum atomic E-state index is -0.0284. The molecule has 0 saturated heterocycles. The highest BCUT2D eigenvalue weighted by Crippen LogP contribution is 2.31. The number of nitrogens with zero attached hydrogens (tertiary/aromatic N) is 4. The number of aryl methyl sites for hydroxylation is 2. The summed E-state index contributed by atoms with van der Waals surface area (Å²) in [6.45, 7) is 2.38. The molecule has 3 aromatic carbocycles. The first-order valence-corrected chi connectivity index (χ1v) is 11.5. The lowest BCUT2D eigenvalue weighted by molar-refractivity contribution is 0.300. The van der Waals surface area contributed by atoms with Crippen LogP contribution in [0.4, 0.5) is 0 Å². The highest BCUT2D eigenvalue weighted by molar-refractivity contribution is 6.01. The maximum absolute atomic E-state index is 13.6. The standard InChI is InChI=1S/C27H23N5O2/c1-16-12-25(21-8-4-5-9-24(21)28-16)34-15-17-10-11-20-22(13-17)26(33)19-7-3-2-6-18(19)14-23(20)27-29-31-32-30-27/h2-3,6-7,10-14H,4-5,8-9,15H2,1H3,(H,29,30,31,32). The van der Waals surface area contributed by atoms with E-state index in [0.717, 1.165) is 58.3 Å². The second-order valence-electron chi connectivity index (χ2n) is 8.77. The summed E-state index contributed by atoms with van der Waals surface area (Å²) < 4.78 is 6.29. The van der Waals surface area contributed by atoms with Crippen LogP contribution in [0, 0.1) is 6.92 Å². The second kappa shape index (κ2) is 8.33. The molecule has 0 unspecified atom stereocenters. The van der Waals surface area contributed by atoms with E-state index in [1.807, 2.05) is 61.5 Å². The van der Waals surface area contributed by atoms with Crippen LogP contribution in [0.25, 0.3) is 32.9 Å². The predicted octanol–water partition coefficient (Wildman–Crippen LogP) is 4.69. The van der Waals surface area contributed by atoms with Gasteiger partial charge in [0.2, 0.25) is 5.82 Å². The predicted molar refractivity (Wildman–Crippen MR) is 131 cm³/mol. The molecular formula is C27H23N5O2. The number of H-pyrrole nitrogens is 1. The van der Waals surface area contributed by atoms with Crippen molar-refractivity contribution in [2.45, 2.75) is 39.2 Å². The number of benzene rings is 2. The molecule has 1 N–H and O–H groups in total. The molecule has 6 rings (SSSR count). The first-order valence-electron chi connectivity index (χ1n) is 11.5. The van der Waals surface area contributed by atoms with Gasteiger partial charge in [0.05, 0.1) is 0 Å². The number of aromatic amines is 1. The smallest absolute Gasteiger partial charge is 0.205 e. The lowest BCUT2D eigenvalue weighted by Crippen LogP contribution is -2.09. The van der Waals surface area contributed by atoms with E-state index in [4.69, 9.17) is 9.72 Å². The first kappa shape index (κ1) is 20.5. The molecule has 2 aromatic heterocycles. The third-order valence-electron chi connectivity index (χ3n) is 6.49. The van der Waals surface area contributed by atoms with Gasteiger partial charge in [-0.2, -0.15) is 5.21 Å². The van der Waals surface area contributed by atoms with Crippen LogP contribution in [0.15, 0.2) is 59.4 Å². The van der Waals surface area contributed by atoms with E-state index in [2.05, 4.69) is 20.6 Å². The van der Waals surface area contributed by atoms with Crippen molar-refractivity contribution >= 4 is 21.5 Å². The summed E-state index contributed by atoms with van der Waals surface area (Å²) in [6, 6.07) is 17.4. The van der Waals surface area contributed by atoms with Gasteiger partial charge in [0.25, 0.3) is 0 Å². The van der Waals surface area contributed by atoms with Crippen LogP contribution in [0.5, 0.6) is 5.75 Å². The zero-order valence-electron chi connectivity index (χ0n) is 18.8. The molecular weight excluding hydrogens is 426 g/mol. The van der Waals surface area contributed by atoms with Gasteiger partial charge in [0.15, 0.2) is 5.43 Å². The van der Waals surface area contributed by atoms with E-state index >= 15 is 0 Å². The molecule has 0 atom stereocenters. The molecule has 1 aliphatic carbocycles. The monoisotopic (exact) mass is 449 g/mol. The number of nitrogens with one attached hydrogen (secondary N) is 1. The number of hydrogen-bond acceptors (Lipinski definition) is 6. The summed E-state index contributed by atoms with van der Waals surface area (Å²) in [5.41, 5.74) is 5.01. The number of tetrazole rings is 1. The number of hydrogen-bond donors (Lipinski definition) is 1. The molecule has 5 aromatic rings. The highest BCUT2D eigenvalue weighted by Gasteiger charge is 2.17. The molecule has 0 spiro atoms. The van der Waals surface area contributed by atoms with Crippen molar-refractivity contribution in [1.82, 2.24) is 25.6 Å². The van der Waals surface area contributed by atoms with Crippen LogP contribution < -0.4 is 10.2 Å². The van der Waals surface area contributed by atoms with Gasteiger partial charge < -0.3 is 4.74 Å². The summed E-state index contributed by atoms with van der Waals surface area (Å²) in [7, 11) is 0. The Balaban J connectivity index is 1.46. The van der Waals surface area contributed by atoms with Crippen LogP contribution in [-0.4, -0.2) is 25.6 Å². The third-order valence-corrected chi connectivity index (χ3v) is 6.49. The van der Waals surface area contributed by atoms with Gasteiger partial charge in [0.1, 0.15) is 12.4 Å². The average molecular weight is 450 g/mol.